The Labute approximate surface area is 169 Å². The van der Waals surface area contributed by atoms with Gasteiger partial charge in [-0.05, 0) is 22.9 Å². The van der Waals surface area contributed by atoms with Crippen molar-refractivity contribution in [1.82, 2.24) is 25.0 Å². The number of hydrogen-bond donors (Lipinski definition) is 1. The zero-order chi connectivity index (χ0) is 19.6. The minimum atomic E-state index is -0.278. The molecule has 0 bridgehead atoms. The number of pyridine rings is 1. The predicted octanol–water partition coefficient (Wildman–Crippen LogP) is 4.19. The molecule has 0 atom stereocenters. The van der Waals surface area contributed by atoms with Crippen molar-refractivity contribution in [3.05, 3.63) is 84.3 Å². The molecule has 5 rings (SSSR count). The molecule has 5 aromatic rings. The van der Waals surface area contributed by atoms with Crippen LogP contribution in [0.4, 0.5) is 5.69 Å². The lowest BCUT2D eigenvalue weighted by Gasteiger charge is -2.04. The highest BCUT2D eigenvalue weighted by atomic mass is 32.1. The summed E-state index contributed by atoms with van der Waals surface area (Å²) in [5.41, 5.74) is 1.96. The molecule has 0 aliphatic carbocycles. The Morgan fingerprint density at radius 1 is 0.966 bits per heavy atom. The second-order valence-corrected chi connectivity index (χ2v) is 7.10. The van der Waals surface area contributed by atoms with E-state index in [4.69, 9.17) is 0 Å². The van der Waals surface area contributed by atoms with Gasteiger partial charge in [0, 0.05) is 10.9 Å². The maximum Gasteiger partial charge on any atom is 0.275 e. The van der Waals surface area contributed by atoms with Crippen molar-refractivity contribution in [2.45, 2.75) is 0 Å². The lowest BCUT2D eigenvalue weighted by molar-refractivity contribution is 0.102. The molecule has 1 N–H and O–H groups in total. The molecule has 0 aliphatic rings. The monoisotopic (exact) mass is 398 g/mol. The molecule has 8 heteroatoms. The van der Waals surface area contributed by atoms with E-state index in [9.17, 15) is 4.79 Å². The molecule has 0 fully saturated rings. The second-order valence-electron chi connectivity index (χ2n) is 6.24. The number of carbonyl (C=O) groups excluding carboxylic acids is 1. The molecular formula is C21H14N6OS. The van der Waals surface area contributed by atoms with Crippen molar-refractivity contribution in [3.63, 3.8) is 0 Å². The van der Waals surface area contributed by atoms with Gasteiger partial charge in [0.25, 0.3) is 5.91 Å². The van der Waals surface area contributed by atoms with Crippen LogP contribution in [0.5, 0.6) is 0 Å². The van der Waals surface area contributed by atoms with Gasteiger partial charge in [0.05, 0.1) is 24.3 Å². The first-order valence-corrected chi connectivity index (χ1v) is 9.74. The minimum Gasteiger partial charge on any atom is -0.319 e. The number of nitrogens with one attached hydrogen (secondary N) is 1. The number of aromatic nitrogens is 5. The number of rotatable bonds is 4. The van der Waals surface area contributed by atoms with E-state index in [0.717, 1.165) is 21.3 Å². The molecule has 29 heavy (non-hydrogen) atoms. The zero-order valence-corrected chi connectivity index (χ0v) is 15.9. The number of hydrogen-bond acceptors (Lipinski definition) is 6. The molecule has 0 saturated heterocycles. The molecule has 2 aromatic carbocycles. The highest BCUT2D eigenvalue weighted by Crippen LogP contribution is 2.31. The van der Waals surface area contributed by atoms with Gasteiger partial charge in [-0.3, -0.25) is 4.79 Å². The average molecular weight is 398 g/mol. The van der Waals surface area contributed by atoms with Crippen molar-refractivity contribution in [2.24, 2.45) is 0 Å². The number of thiazole rings is 1. The summed E-state index contributed by atoms with van der Waals surface area (Å²) in [6.07, 6.45) is 4.72. The van der Waals surface area contributed by atoms with Crippen LogP contribution in [0.25, 0.3) is 27.2 Å². The summed E-state index contributed by atoms with van der Waals surface area (Å²) in [5, 5.41) is 15.7. The topological polar surface area (TPSA) is 85.6 Å². The fourth-order valence-electron chi connectivity index (χ4n) is 3.02. The molecule has 3 heterocycles. The van der Waals surface area contributed by atoms with Gasteiger partial charge >= 0.3 is 0 Å². The Morgan fingerprint density at radius 2 is 1.79 bits per heavy atom. The van der Waals surface area contributed by atoms with Gasteiger partial charge < -0.3 is 5.32 Å². The van der Waals surface area contributed by atoms with E-state index >= 15 is 0 Å². The lowest BCUT2D eigenvalue weighted by Crippen LogP contribution is -2.13. The summed E-state index contributed by atoms with van der Waals surface area (Å²) < 4.78 is 0. The maximum absolute atomic E-state index is 12.6. The van der Waals surface area contributed by atoms with E-state index in [0.29, 0.717) is 17.2 Å². The summed E-state index contributed by atoms with van der Waals surface area (Å²) in [6, 6.07) is 17.7. The van der Waals surface area contributed by atoms with Gasteiger partial charge in [-0.25, -0.2) is 9.97 Å². The number of benzene rings is 2. The molecule has 0 spiro atoms. The third-order valence-electron chi connectivity index (χ3n) is 4.39. The largest absolute Gasteiger partial charge is 0.319 e. The summed E-state index contributed by atoms with van der Waals surface area (Å²) >= 11 is 1.45. The van der Waals surface area contributed by atoms with Gasteiger partial charge in [-0.15, -0.1) is 16.1 Å². The van der Waals surface area contributed by atoms with Crippen LogP contribution in [0.3, 0.4) is 0 Å². The Bertz CT molecular complexity index is 1290. The standard InChI is InChI=1S/C21H14N6OS/c28-20(25-15-8-9-19(22-12-15)27-23-10-11-24-27)18-13-29-21(26-18)17-7-3-5-14-4-1-2-6-16(14)17/h1-13H,(H,25,28). The van der Waals surface area contributed by atoms with Gasteiger partial charge in [0.1, 0.15) is 10.7 Å². The molecule has 7 nitrogen and oxygen atoms in total. The highest BCUT2D eigenvalue weighted by molar-refractivity contribution is 7.13. The van der Waals surface area contributed by atoms with Crippen molar-refractivity contribution in [1.29, 1.82) is 0 Å². The van der Waals surface area contributed by atoms with Crippen LogP contribution >= 0.6 is 11.3 Å². The molecule has 0 saturated carbocycles. The smallest absolute Gasteiger partial charge is 0.275 e. The third-order valence-corrected chi connectivity index (χ3v) is 5.26. The molecule has 0 unspecified atom stereocenters. The Kier molecular flexibility index (Phi) is 4.30. The van der Waals surface area contributed by atoms with Gasteiger partial charge in [0.15, 0.2) is 5.82 Å². The first-order chi connectivity index (χ1) is 14.3. The van der Waals surface area contributed by atoms with Crippen molar-refractivity contribution < 1.29 is 4.79 Å². The summed E-state index contributed by atoms with van der Waals surface area (Å²) in [4.78, 5) is 22.8. The third kappa shape index (κ3) is 3.37. The van der Waals surface area contributed by atoms with E-state index in [1.165, 1.54) is 16.1 Å². The van der Waals surface area contributed by atoms with E-state index in [1.807, 2.05) is 24.3 Å². The molecule has 3 aromatic heterocycles. The molecule has 140 valence electrons. The lowest BCUT2D eigenvalue weighted by atomic mass is 10.1. The van der Waals surface area contributed by atoms with E-state index in [2.05, 4.69) is 43.7 Å². The Morgan fingerprint density at radius 3 is 2.62 bits per heavy atom. The number of anilines is 1. The summed E-state index contributed by atoms with van der Waals surface area (Å²) in [6.45, 7) is 0. The van der Waals surface area contributed by atoms with Crippen LogP contribution in [-0.2, 0) is 0 Å². The maximum atomic E-state index is 12.6. The van der Waals surface area contributed by atoms with E-state index in [1.54, 1.807) is 36.1 Å². The fourth-order valence-corrected chi connectivity index (χ4v) is 3.86. The van der Waals surface area contributed by atoms with Crippen molar-refractivity contribution >= 4 is 33.7 Å². The Balaban J connectivity index is 1.37. The number of amides is 1. The fraction of sp³-hybridized carbons (Fsp3) is 0. The SMILES string of the molecule is O=C(Nc1ccc(-n2nccn2)nc1)c1csc(-c2cccc3ccccc23)n1. The summed E-state index contributed by atoms with van der Waals surface area (Å²) in [5.74, 6) is 0.291. The second kappa shape index (κ2) is 7.25. The first-order valence-electron chi connectivity index (χ1n) is 8.86. The number of carbonyl (C=O) groups is 1. The number of nitrogens with zero attached hydrogens (tertiary/aromatic N) is 5. The predicted molar refractivity (Wildman–Crippen MR) is 112 cm³/mol. The first kappa shape index (κ1) is 17.2. The van der Waals surface area contributed by atoms with Gasteiger partial charge in [0.2, 0.25) is 0 Å². The van der Waals surface area contributed by atoms with Crippen LogP contribution in [0.15, 0.2) is 78.6 Å². The molecule has 0 aliphatic heterocycles. The summed E-state index contributed by atoms with van der Waals surface area (Å²) in [7, 11) is 0. The van der Waals surface area contributed by atoms with Gasteiger partial charge in [-0.2, -0.15) is 10.2 Å². The Hall–Kier alpha value is -3.91. The normalized spacial score (nSPS) is 10.9. The van der Waals surface area contributed by atoms with Crippen LogP contribution in [0.2, 0.25) is 0 Å². The minimum absolute atomic E-state index is 0.278. The van der Waals surface area contributed by atoms with Gasteiger partial charge in [-0.1, -0.05) is 42.5 Å². The van der Waals surface area contributed by atoms with E-state index in [-0.39, 0.29) is 5.91 Å². The van der Waals surface area contributed by atoms with Crippen LogP contribution in [0, 0.1) is 0 Å². The van der Waals surface area contributed by atoms with Crippen molar-refractivity contribution in [3.8, 4) is 16.4 Å². The van der Waals surface area contributed by atoms with E-state index < -0.39 is 0 Å². The highest BCUT2D eigenvalue weighted by Gasteiger charge is 2.14. The molecular weight excluding hydrogens is 384 g/mol. The quantitative estimate of drug-likeness (QED) is 0.491. The van der Waals surface area contributed by atoms with Crippen LogP contribution < -0.4 is 5.32 Å². The van der Waals surface area contributed by atoms with Crippen molar-refractivity contribution in [2.75, 3.05) is 5.32 Å². The number of fused-ring (bicyclic) bond motifs is 1. The van der Waals surface area contributed by atoms with Crippen LogP contribution in [-0.4, -0.2) is 30.9 Å². The average Bonchev–Trinajstić information content (AvgIpc) is 3.46. The molecule has 1 amide bonds. The van der Waals surface area contributed by atoms with Crippen LogP contribution in [0.1, 0.15) is 10.5 Å². The molecule has 0 radical (unpaired) electrons. The zero-order valence-electron chi connectivity index (χ0n) is 15.1.